The number of carbonyl (C=O) groups excluding carboxylic acids is 1. The van der Waals surface area contributed by atoms with E-state index in [9.17, 15) is 9.59 Å². The molecular formula is C14H15N3O4. The smallest absolute Gasteiger partial charge is 0.360 e. The van der Waals surface area contributed by atoms with Crippen LogP contribution in [-0.2, 0) is 4.79 Å². The number of nitrogens with one attached hydrogen (secondary N) is 1. The van der Waals surface area contributed by atoms with Crippen molar-refractivity contribution in [3.8, 4) is 11.4 Å². The van der Waals surface area contributed by atoms with E-state index in [4.69, 9.17) is 9.84 Å². The van der Waals surface area contributed by atoms with Crippen molar-refractivity contribution in [3.63, 3.8) is 0 Å². The molecular weight excluding hydrogens is 274 g/mol. The van der Waals surface area contributed by atoms with Crippen LogP contribution < -0.4 is 10.1 Å². The van der Waals surface area contributed by atoms with Gasteiger partial charge in [-0.2, -0.15) is 5.10 Å². The molecule has 1 aromatic heterocycles. The Bertz CT molecular complexity index is 637. The zero-order chi connectivity index (χ0) is 15.2. The Kier molecular flexibility index (Phi) is 4.55. The van der Waals surface area contributed by atoms with Crippen LogP contribution in [0.4, 0.5) is 0 Å². The molecule has 110 valence electrons. The molecule has 0 saturated carbocycles. The van der Waals surface area contributed by atoms with Gasteiger partial charge in [-0.15, -0.1) is 0 Å². The Morgan fingerprint density at radius 2 is 2.05 bits per heavy atom. The van der Waals surface area contributed by atoms with Crippen molar-refractivity contribution < 1.29 is 19.4 Å². The molecule has 0 fully saturated rings. The Labute approximate surface area is 121 Å². The lowest BCUT2D eigenvalue weighted by Crippen LogP contribution is -2.20. The van der Waals surface area contributed by atoms with E-state index < -0.39 is 5.97 Å². The van der Waals surface area contributed by atoms with Gasteiger partial charge in [-0.3, -0.25) is 4.79 Å². The molecule has 0 bridgehead atoms. The summed E-state index contributed by atoms with van der Waals surface area (Å²) in [4.78, 5) is 22.3. The van der Waals surface area contributed by atoms with E-state index >= 15 is 0 Å². The molecule has 0 spiro atoms. The predicted octanol–water partition coefficient (Wildman–Crippen LogP) is 1.09. The summed E-state index contributed by atoms with van der Waals surface area (Å²) in [5, 5.41) is 15.6. The van der Waals surface area contributed by atoms with E-state index in [0.717, 1.165) is 5.69 Å². The fourth-order valence-electron chi connectivity index (χ4n) is 1.70. The van der Waals surface area contributed by atoms with Crippen LogP contribution in [0.5, 0.6) is 5.75 Å². The van der Waals surface area contributed by atoms with Gasteiger partial charge in [0.25, 0.3) is 0 Å². The lowest BCUT2D eigenvalue weighted by atomic mass is 10.3. The standard InChI is InChI=1S/C14H15N3O4/c1-15-12(18)7-8-21-11-9-17(16-13(11)14(19)20)10-5-3-2-4-6-10/h2-6,9H,7-8H2,1H3,(H,15,18)(H,19,20). The highest BCUT2D eigenvalue weighted by molar-refractivity contribution is 5.88. The predicted molar refractivity (Wildman–Crippen MR) is 74.7 cm³/mol. The summed E-state index contributed by atoms with van der Waals surface area (Å²) in [5.74, 6) is -1.22. The topological polar surface area (TPSA) is 93.5 Å². The Hall–Kier alpha value is -2.83. The maximum absolute atomic E-state index is 11.2. The maximum atomic E-state index is 11.2. The molecule has 7 heteroatoms. The molecule has 0 saturated heterocycles. The molecule has 1 amide bonds. The van der Waals surface area contributed by atoms with Gasteiger partial charge in [-0.25, -0.2) is 9.48 Å². The zero-order valence-electron chi connectivity index (χ0n) is 11.4. The highest BCUT2D eigenvalue weighted by Crippen LogP contribution is 2.20. The average Bonchev–Trinajstić information content (AvgIpc) is 2.92. The molecule has 1 aromatic carbocycles. The Morgan fingerprint density at radius 1 is 1.33 bits per heavy atom. The van der Waals surface area contributed by atoms with Crippen molar-refractivity contribution >= 4 is 11.9 Å². The van der Waals surface area contributed by atoms with Gasteiger partial charge in [0.05, 0.1) is 24.9 Å². The van der Waals surface area contributed by atoms with Crippen LogP contribution in [0, 0.1) is 0 Å². The number of hydrogen-bond donors (Lipinski definition) is 2. The summed E-state index contributed by atoms with van der Waals surface area (Å²) in [6.07, 6.45) is 1.63. The van der Waals surface area contributed by atoms with E-state index in [2.05, 4.69) is 10.4 Å². The number of benzene rings is 1. The van der Waals surface area contributed by atoms with Gasteiger partial charge < -0.3 is 15.2 Å². The van der Waals surface area contributed by atoms with Crippen molar-refractivity contribution in [3.05, 3.63) is 42.2 Å². The molecule has 7 nitrogen and oxygen atoms in total. The first-order valence-electron chi connectivity index (χ1n) is 6.33. The van der Waals surface area contributed by atoms with Crippen LogP contribution in [0.2, 0.25) is 0 Å². The molecule has 0 radical (unpaired) electrons. The third kappa shape index (κ3) is 3.59. The minimum atomic E-state index is -1.18. The Balaban J connectivity index is 2.18. The maximum Gasteiger partial charge on any atom is 0.360 e. The number of nitrogens with zero attached hydrogens (tertiary/aromatic N) is 2. The first kappa shape index (κ1) is 14.6. The van der Waals surface area contributed by atoms with Gasteiger partial charge in [0, 0.05) is 7.05 Å². The normalized spacial score (nSPS) is 10.1. The van der Waals surface area contributed by atoms with Crippen molar-refractivity contribution in [2.75, 3.05) is 13.7 Å². The number of carboxylic acid groups (broad SMARTS) is 1. The zero-order valence-corrected chi connectivity index (χ0v) is 11.4. The van der Waals surface area contributed by atoms with Gasteiger partial charge in [0.2, 0.25) is 11.6 Å². The molecule has 0 aliphatic rings. The summed E-state index contributed by atoms with van der Waals surface area (Å²) in [6.45, 7) is 0.0838. The lowest BCUT2D eigenvalue weighted by molar-refractivity contribution is -0.121. The lowest BCUT2D eigenvalue weighted by Gasteiger charge is -2.03. The number of carbonyl (C=O) groups is 2. The van der Waals surface area contributed by atoms with Crippen LogP contribution in [0.15, 0.2) is 36.5 Å². The van der Waals surface area contributed by atoms with Gasteiger partial charge >= 0.3 is 5.97 Å². The van der Waals surface area contributed by atoms with Crippen molar-refractivity contribution in [2.24, 2.45) is 0 Å². The molecule has 2 aromatic rings. The van der Waals surface area contributed by atoms with Crippen LogP contribution in [0.25, 0.3) is 5.69 Å². The quantitative estimate of drug-likeness (QED) is 0.830. The summed E-state index contributed by atoms with van der Waals surface area (Å²) in [6, 6.07) is 9.10. The second-order valence-electron chi connectivity index (χ2n) is 4.20. The second kappa shape index (κ2) is 6.56. The minimum Gasteiger partial charge on any atom is -0.489 e. The first-order valence-corrected chi connectivity index (χ1v) is 6.33. The molecule has 2 rings (SSSR count). The summed E-state index contributed by atoms with van der Waals surface area (Å²) >= 11 is 0. The van der Waals surface area contributed by atoms with Crippen LogP contribution >= 0.6 is 0 Å². The number of amides is 1. The van der Waals surface area contributed by atoms with Crippen molar-refractivity contribution in [2.45, 2.75) is 6.42 Å². The highest BCUT2D eigenvalue weighted by Gasteiger charge is 2.18. The fraction of sp³-hybridized carbons (Fsp3) is 0.214. The second-order valence-corrected chi connectivity index (χ2v) is 4.20. The van der Waals surface area contributed by atoms with Gasteiger partial charge in [0.15, 0.2) is 5.75 Å². The number of hydrogen-bond acceptors (Lipinski definition) is 4. The van der Waals surface area contributed by atoms with E-state index in [1.54, 1.807) is 12.1 Å². The summed E-state index contributed by atoms with van der Waals surface area (Å²) in [7, 11) is 1.53. The van der Waals surface area contributed by atoms with E-state index in [0.29, 0.717) is 0 Å². The minimum absolute atomic E-state index is 0.0838. The highest BCUT2D eigenvalue weighted by atomic mass is 16.5. The van der Waals surface area contributed by atoms with Gasteiger partial charge in [-0.1, -0.05) is 18.2 Å². The number of para-hydroxylation sites is 1. The number of aromatic carboxylic acids is 1. The molecule has 1 heterocycles. The van der Waals surface area contributed by atoms with Crippen LogP contribution in [0.1, 0.15) is 16.9 Å². The van der Waals surface area contributed by atoms with Crippen molar-refractivity contribution in [1.82, 2.24) is 15.1 Å². The van der Waals surface area contributed by atoms with E-state index in [1.165, 1.54) is 17.9 Å². The van der Waals surface area contributed by atoms with Crippen molar-refractivity contribution in [1.29, 1.82) is 0 Å². The van der Waals surface area contributed by atoms with Crippen LogP contribution in [-0.4, -0.2) is 40.4 Å². The van der Waals surface area contributed by atoms with E-state index in [-0.39, 0.29) is 30.4 Å². The van der Waals surface area contributed by atoms with Gasteiger partial charge in [0.1, 0.15) is 0 Å². The first-order chi connectivity index (χ1) is 10.1. The molecule has 2 N–H and O–H groups in total. The Morgan fingerprint density at radius 3 is 2.67 bits per heavy atom. The summed E-state index contributed by atoms with van der Waals surface area (Å²) < 4.78 is 6.78. The largest absolute Gasteiger partial charge is 0.489 e. The monoisotopic (exact) mass is 289 g/mol. The SMILES string of the molecule is CNC(=O)CCOc1cn(-c2ccccc2)nc1C(=O)O. The third-order valence-electron chi connectivity index (χ3n) is 2.77. The average molecular weight is 289 g/mol. The number of ether oxygens (including phenoxy) is 1. The summed E-state index contributed by atoms with van der Waals surface area (Å²) in [5.41, 5.74) is 0.539. The number of carboxylic acids is 1. The van der Waals surface area contributed by atoms with Gasteiger partial charge in [-0.05, 0) is 12.1 Å². The number of rotatable bonds is 6. The molecule has 0 aliphatic heterocycles. The number of aromatic nitrogens is 2. The third-order valence-corrected chi connectivity index (χ3v) is 2.77. The molecule has 0 unspecified atom stereocenters. The molecule has 0 atom stereocenters. The van der Waals surface area contributed by atoms with E-state index in [1.807, 2.05) is 18.2 Å². The van der Waals surface area contributed by atoms with Crippen LogP contribution in [0.3, 0.4) is 0 Å². The fourth-order valence-corrected chi connectivity index (χ4v) is 1.70. The molecule has 21 heavy (non-hydrogen) atoms. The molecule has 0 aliphatic carbocycles.